The van der Waals surface area contributed by atoms with Crippen LogP contribution in [0.3, 0.4) is 0 Å². The molecule has 0 spiro atoms. The Kier molecular flexibility index (Phi) is 2.79. The van der Waals surface area contributed by atoms with Crippen molar-refractivity contribution in [2.45, 2.75) is 43.8 Å². The molecule has 0 aromatic heterocycles. The van der Waals surface area contributed by atoms with E-state index in [1.165, 1.54) is 4.90 Å². The van der Waals surface area contributed by atoms with Crippen molar-refractivity contribution in [1.82, 2.24) is 5.32 Å². The van der Waals surface area contributed by atoms with E-state index in [1.54, 1.807) is 0 Å². The van der Waals surface area contributed by atoms with Gasteiger partial charge in [0.05, 0.1) is 5.92 Å². The average molecular weight is 286 g/mol. The van der Waals surface area contributed by atoms with E-state index >= 15 is 0 Å². The molecule has 110 valence electrons. The Bertz CT molecular complexity index is 615. The number of carboxylic acid groups (broad SMARTS) is 1. The van der Waals surface area contributed by atoms with Gasteiger partial charge in [-0.05, 0) is 30.9 Å². The minimum absolute atomic E-state index is 0.0212. The van der Waals surface area contributed by atoms with Crippen LogP contribution in [0.1, 0.15) is 24.8 Å². The number of para-hydroxylation sites is 1. The lowest BCUT2D eigenvalue weighted by molar-refractivity contribution is -0.140. The summed E-state index contributed by atoms with van der Waals surface area (Å²) in [5, 5.41) is 12.9. The largest absolute Gasteiger partial charge is 0.480 e. The number of aliphatic carboxylic acids is 1. The molecule has 3 heterocycles. The Balaban J connectivity index is 1.68. The SMILES string of the molecule is O=C(O)[C@@H]1Cc2ccccc2N1C(=O)C1CC2CCC1N2. The molecule has 1 aromatic carbocycles. The van der Waals surface area contributed by atoms with E-state index < -0.39 is 12.0 Å². The number of hydrogen-bond acceptors (Lipinski definition) is 3. The Hall–Kier alpha value is -1.88. The molecule has 0 aliphatic carbocycles. The number of benzene rings is 1. The fourth-order valence-electron chi connectivity index (χ4n) is 4.13. The number of carboxylic acids is 1. The molecule has 1 amide bonds. The van der Waals surface area contributed by atoms with Gasteiger partial charge in [0, 0.05) is 24.2 Å². The van der Waals surface area contributed by atoms with Crippen molar-refractivity contribution in [3.05, 3.63) is 29.8 Å². The monoisotopic (exact) mass is 286 g/mol. The third-order valence-electron chi connectivity index (χ3n) is 5.12. The van der Waals surface area contributed by atoms with E-state index in [0.717, 1.165) is 30.5 Å². The van der Waals surface area contributed by atoms with Crippen molar-refractivity contribution in [1.29, 1.82) is 0 Å². The van der Waals surface area contributed by atoms with Crippen molar-refractivity contribution in [3.8, 4) is 0 Å². The summed E-state index contributed by atoms with van der Waals surface area (Å²) >= 11 is 0. The fraction of sp³-hybridized carbons (Fsp3) is 0.500. The van der Waals surface area contributed by atoms with Crippen LogP contribution in [0.2, 0.25) is 0 Å². The molecule has 1 aromatic rings. The highest BCUT2D eigenvalue weighted by Crippen LogP contribution is 2.39. The molecule has 4 atom stereocenters. The van der Waals surface area contributed by atoms with E-state index in [4.69, 9.17) is 0 Å². The lowest BCUT2D eigenvalue weighted by atomic mass is 9.88. The fourth-order valence-corrected chi connectivity index (χ4v) is 4.13. The maximum Gasteiger partial charge on any atom is 0.327 e. The van der Waals surface area contributed by atoms with Crippen LogP contribution in [0.25, 0.3) is 0 Å². The first-order valence-electron chi connectivity index (χ1n) is 7.55. The van der Waals surface area contributed by atoms with Gasteiger partial charge in [0.1, 0.15) is 6.04 Å². The minimum atomic E-state index is -0.921. The van der Waals surface area contributed by atoms with Crippen LogP contribution in [0.4, 0.5) is 5.69 Å². The second-order valence-electron chi connectivity index (χ2n) is 6.28. The van der Waals surface area contributed by atoms with Gasteiger partial charge in [-0.2, -0.15) is 0 Å². The van der Waals surface area contributed by atoms with E-state index in [-0.39, 0.29) is 17.9 Å². The lowest BCUT2D eigenvalue weighted by Crippen LogP contribution is -2.48. The molecule has 3 unspecified atom stereocenters. The molecular formula is C16H18N2O3. The Morgan fingerprint density at radius 2 is 2.05 bits per heavy atom. The van der Waals surface area contributed by atoms with Crippen molar-refractivity contribution in [2.24, 2.45) is 5.92 Å². The normalized spacial score (nSPS) is 33.2. The molecule has 5 heteroatoms. The number of hydrogen-bond donors (Lipinski definition) is 2. The van der Waals surface area contributed by atoms with Crippen LogP contribution in [-0.4, -0.2) is 35.1 Å². The molecule has 2 fully saturated rings. The van der Waals surface area contributed by atoms with Gasteiger partial charge in [-0.1, -0.05) is 18.2 Å². The second kappa shape index (κ2) is 4.56. The predicted molar refractivity (Wildman–Crippen MR) is 77.1 cm³/mol. The summed E-state index contributed by atoms with van der Waals surface area (Å²) in [6, 6.07) is 7.44. The smallest absolute Gasteiger partial charge is 0.327 e. The maximum absolute atomic E-state index is 12.9. The maximum atomic E-state index is 12.9. The summed E-state index contributed by atoms with van der Waals surface area (Å²) in [4.78, 5) is 26.0. The molecule has 21 heavy (non-hydrogen) atoms. The third-order valence-corrected chi connectivity index (χ3v) is 5.12. The molecule has 4 rings (SSSR count). The zero-order chi connectivity index (χ0) is 14.6. The van der Waals surface area contributed by atoms with Gasteiger partial charge in [-0.3, -0.25) is 9.69 Å². The standard InChI is InChI=1S/C16H18N2O3/c19-15(11-8-10-5-6-12(11)17-10)18-13-4-2-1-3-9(13)7-14(18)16(20)21/h1-4,10-12,14,17H,5-8H2,(H,20,21)/t10?,11?,12?,14-/m0/s1. The first-order chi connectivity index (χ1) is 10.1. The third kappa shape index (κ3) is 1.87. The highest BCUT2D eigenvalue weighted by Gasteiger charge is 2.48. The number of amides is 1. The Morgan fingerprint density at radius 1 is 1.24 bits per heavy atom. The minimum Gasteiger partial charge on any atom is -0.480 e. The van der Waals surface area contributed by atoms with E-state index in [1.807, 2.05) is 24.3 Å². The molecule has 3 aliphatic rings. The van der Waals surface area contributed by atoms with Gasteiger partial charge in [-0.15, -0.1) is 0 Å². The first-order valence-corrected chi connectivity index (χ1v) is 7.55. The Morgan fingerprint density at radius 3 is 2.71 bits per heavy atom. The van der Waals surface area contributed by atoms with Crippen LogP contribution in [0, 0.1) is 5.92 Å². The molecule has 0 saturated carbocycles. The molecule has 2 bridgehead atoms. The van der Waals surface area contributed by atoms with Crippen molar-refractivity contribution >= 4 is 17.6 Å². The van der Waals surface area contributed by atoms with E-state index in [0.29, 0.717) is 12.5 Å². The number of carbonyl (C=O) groups is 2. The molecule has 2 N–H and O–H groups in total. The van der Waals surface area contributed by atoms with Crippen LogP contribution in [0.5, 0.6) is 0 Å². The van der Waals surface area contributed by atoms with Crippen molar-refractivity contribution < 1.29 is 14.7 Å². The summed E-state index contributed by atoms with van der Waals surface area (Å²) in [5.74, 6) is -1.01. The molecule has 0 radical (unpaired) electrons. The molecular weight excluding hydrogens is 268 g/mol. The van der Waals surface area contributed by atoms with Gasteiger partial charge in [0.2, 0.25) is 5.91 Å². The highest BCUT2D eigenvalue weighted by molar-refractivity contribution is 6.03. The first kappa shape index (κ1) is 12.8. The molecule has 2 saturated heterocycles. The van der Waals surface area contributed by atoms with Gasteiger partial charge in [0.15, 0.2) is 0 Å². The number of nitrogens with zero attached hydrogens (tertiary/aromatic N) is 1. The van der Waals surface area contributed by atoms with Crippen LogP contribution >= 0.6 is 0 Å². The Labute approximate surface area is 122 Å². The number of nitrogens with one attached hydrogen (secondary N) is 1. The summed E-state index contributed by atoms with van der Waals surface area (Å²) in [6.45, 7) is 0. The van der Waals surface area contributed by atoms with Crippen LogP contribution in [-0.2, 0) is 16.0 Å². The number of fused-ring (bicyclic) bond motifs is 3. The van der Waals surface area contributed by atoms with Crippen molar-refractivity contribution in [2.75, 3.05) is 4.90 Å². The topological polar surface area (TPSA) is 69.6 Å². The van der Waals surface area contributed by atoms with Gasteiger partial charge in [0.25, 0.3) is 0 Å². The second-order valence-corrected chi connectivity index (χ2v) is 6.28. The van der Waals surface area contributed by atoms with Crippen molar-refractivity contribution in [3.63, 3.8) is 0 Å². The highest BCUT2D eigenvalue weighted by atomic mass is 16.4. The van der Waals surface area contributed by atoms with Gasteiger partial charge in [-0.25, -0.2) is 4.79 Å². The number of anilines is 1. The van der Waals surface area contributed by atoms with Crippen LogP contribution in [0.15, 0.2) is 24.3 Å². The predicted octanol–water partition coefficient (Wildman–Crippen LogP) is 1.17. The van der Waals surface area contributed by atoms with Gasteiger partial charge >= 0.3 is 5.97 Å². The summed E-state index contributed by atoms with van der Waals surface area (Å²) in [7, 11) is 0. The molecule has 3 aliphatic heterocycles. The summed E-state index contributed by atoms with van der Waals surface area (Å²) < 4.78 is 0. The van der Waals surface area contributed by atoms with Crippen LogP contribution < -0.4 is 10.2 Å². The van der Waals surface area contributed by atoms with E-state index in [9.17, 15) is 14.7 Å². The molecule has 5 nitrogen and oxygen atoms in total. The quantitative estimate of drug-likeness (QED) is 0.856. The zero-order valence-electron chi connectivity index (χ0n) is 11.7. The summed E-state index contributed by atoms with van der Waals surface area (Å²) in [6.07, 6.45) is 3.40. The number of carbonyl (C=O) groups excluding carboxylic acids is 1. The summed E-state index contributed by atoms with van der Waals surface area (Å²) in [5.41, 5.74) is 1.73. The number of rotatable bonds is 2. The van der Waals surface area contributed by atoms with E-state index in [2.05, 4.69) is 5.32 Å². The average Bonchev–Trinajstić information content (AvgIpc) is 3.19. The lowest BCUT2D eigenvalue weighted by Gasteiger charge is -2.28. The van der Waals surface area contributed by atoms with Gasteiger partial charge < -0.3 is 10.4 Å². The zero-order valence-corrected chi connectivity index (χ0v) is 11.7.